The molecule has 0 spiro atoms. The molecule has 3 heteroatoms. The molecule has 1 aliphatic rings. The Balaban J connectivity index is 2.48. The summed E-state index contributed by atoms with van der Waals surface area (Å²) in [6.07, 6.45) is 2.02. The van der Waals surface area contributed by atoms with Gasteiger partial charge in [0.1, 0.15) is 0 Å². The third kappa shape index (κ3) is 1.23. The zero-order valence-electron chi connectivity index (χ0n) is 6.48. The highest BCUT2D eigenvalue weighted by atomic mass is 16.2. The smallest absolute Gasteiger partial charge is 0.315 e. The van der Waals surface area contributed by atoms with Crippen LogP contribution in [0.4, 0.5) is 4.79 Å². The first kappa shape index (κ1) is 7.38. The van der Waals surface area contributed by atoms with Gasteiger partial charge in [-0.1, -0.05) is 13.8 Å². The summed E-state index contributed by atoms with van der Waals surface area (Å²) in [5, 5.41) is 5.71. The van der Waals surface area contributed by atoms with E-state index in [9.17, 15) is 4.79 Å². The van der Waals surface area contributed by atoms with Gasteiger partial charge >= 0.3 is 6.03 Å². The van der Waals surface area contributed by atoms with Crippen molar-refractivity contribution in [2.45, 2.75) is 38.8 Å². The summed E-state index contributed by atoms with van der Waals surface area (Å²) >= 11 is 0. The second-order valence-corrected chi connectivity index (χ2v) is 2.65. The van der Waals surface area contributed by atoms with E-state index in [1.807, 2.05) is 0 Å². The van der Waals surface area contributed by atoms with E-state index >= 15 is 0 Å². The average Bonchev–Trinajstić information content (AvgIpc) is 2.30. The molecule has 3 nitrogen and oxygen atoms in total. The fourth-order valence-corrected chi connectivity index (χ4v) is 1.35. The number of nitrogens with one attached hydrogen (secondary N) is 2. The topological polar surface area (TPSA) is 41.1 Å². The lowest BCUT2D eigenvalue weighted by Gasteiger charge is -2.13. The Morgan fingerprint density at radius 3 is 1.90 bits per heavy atom. The minimum absolute atomic E-state index is 0.0151. The van der Waals surface area contributed by atoms with Gasteiger partial charge < -0.3 is 10.6 Å². The second-order valence-electron chi connectivity index (χ2n) is 2.65. The minimum atomic E-state index is -0.0151. The molecular weight excluding hydrogens is 128 g/mol. The monoisotopic (exact) mass is 142 g/mol. The fourth-order valence-electron chi connectivity index (χ4n) is 1.35. The van der Waals surface area contributed by atoms with Crippen molar-refractivity contribution >= 4 is 6.03 Å². The lowest BCUT2D eigenvalue weighted by atomic mass is 10.1. The lowest BCUT2D eigenvalue weighted by Crippen LogP contribution is -2.31. The Labute approximate surface area is 61.2 Å². The Bertz CT molecular complexity index is 122. The summed E-state index contributed by atoms with van der Waals surface area (Å²) in [6.45, 7) is 4.17. The number of carbonyl (C=O) groups is 1. The number of amides is 2. The number of rotatable bonds is 2. The van der Waals surface area contributed by atoms with E-state index in [-0.39, 0.29) is 6.03 Å². The maximum atomic E-state index is 10.8. The molecular formula is C7H14N2O. The first-order chi connectivity index (χ1) is 4.77. The van der Waals surface area contributed by atoms with Gasteiger partial charge in [-0.05, 0) is 12.8 Å². The third-order valence-corrected chi connectivity index (χ3v) is 2.00. The summed E-state index contributed by atoms with van der Waals surface area (Å²) in [5.74, 6) is 0. The molecule has 0 aromatic carbocycles. The molecule has 1 aliphatic heterocycles. The van der Waals surface area contributed by atoms with Gasteiger partial charge in [0.15, 0.2) is 0 Å². The highest BCUT2D eigenvalue weighted by molar-refractivity contribution is 5.77. The van der Waals surface area contributed by atoms with Gasteiger partial charge in [0.25, 0.3) is 0 Å². The Kier molecular flexibility index (Phi) is 2.14. The van der Waals surface area contributed by atoms with E-state index in [0.29, 0.717) is 12.1 Å². The van der Waals surface area contributed by atoms with Gasteiger partial charge in [-0.25, -0.2) is 4.79 Å². The van der Waals surface area contributed by atoms with Crippen LogP contribution in [0.2, 0.25) is 0 Å². The van der Waals surface area contributed by atoms with E-state index in [0.717, 1.165) is 12.8 Å². The molecule has 1 heterocycles. The van der Waals surface area contributed by atoms with Gasteiger partial charge in [-0.2, -0.15) is 0 Å². The van der Waals surface area contributed by atoms with Crippen LogP contribution in [0.5, 0.6) is 0 Å². The average molecular weight is 142 g/mol. The van der Waals surface area contributed by atoms with Crippen molar-refractivity contribution < 1.29 is 4.79 Å². The predicted molar refractivity (Wildman–Crippen MR) is 39.8 cm³/mol. The zero-order valence-corrected chi connectivity index (χ0v) is 6.48. The molecule has 2 amide bonds. The second kappa shape index (κ2) is 2.90. The van der Waals surface area contributed by atoms with E-state index < -0.39 is 0 Å². The molecule has 0 radical (unpaired) electrons. The van der Waals surface area contributed by atoms with Crippen molar-refractivity contribution in [3.05, 3.63) is 0 Å². The number of urea groups is 1. The van der Waals surface area contributed by atoms with Gasteiger partial charge in [0.2, 0.25) is 0 Å². The largest absolute Gasteiger partial charge is 0.333 e. The summed E-state index contributed by atoms with van der Waals surface area (Å²) in [5.41, 5.74) is 0. The van der Waals surface area contributed by atoms with Crippen molar-refractivity contribution in [2.75, 3.05) is 0 Å². The third-order valence-electron chi connectivity index (χ3n) is 2.00. The first-order valence-corrected chi connectivity index (χ1v) is 3.85. The lowest BCUT2D eigenvalue weighted by molar-refractivity contribution is 0.247. The minimum Gasteiger partial charge on any atom is -0.333 e. The van der Waals surface area contributed by atoms with Gasteiger partial charge in [-0.3, -0.25) is 0 Å². The standard InChI is InChI=1S/C7H14N2O/c1-3-5-6(4-2)9-7(10)8-5/h5-6H,3-4H2,1-2H3,(H2,8,9,10)/t5-,6?/m1/s1. The predicted octanol–water partition coefficient (Wildman–Crippen LogP) is 0.856. The Morgan fingerprint density at radius 1 is 1.20 bits per heavy atom. The van der Waals surface area contributed by atoms with E-state index in [1.54, 1.807) is 0 Å². The number of hydrogen-bond acceptors (Lipinski definition) is 1. The van der Waals surface area contributed by atoms with Crippen LogP contribution in [0.3, 0.4) is 0 Å². The van der Waals surface area contributed by atoms with Crippen LogP contribution in [0, 0.1) is 0 Å². The molecule has 0 aliphatic carbocycles. The molecule has 1 rings (SSSR count). The van der Waals surface area contributed by atoms with Crippen LogP contribution in [-0.4, -0.2) is 18.1 Å². The summed E-state index contributed by atoms with van der Waals surface area (Å²) in [7, 11) is 0. The van der Waals surface area contributed by atoms with Crippen molar-refractivity contribution in [3.63, 3.8) is 0 Å². The van der Waals surface area contributed by atoms with Crippen LogP contribution < -0.4 is 10.6 Å². The van der Waals surface area contributed by atoms with E-state index in [1.165, 1.54) is 0 Å². The highest BCUT2D eigenvalue weighted by Crippen LogP contribution is 2.07. The van der Waals surface area contributed by atoms with Crippen molar-refractivity contribution in [1.82, 2.24) is 10.6 Å². The van der Waals surface area contributed by atoms with Crippen LogP contribution >= 0.6 is 0 Å². The van der Waals surface area contributed by atoms with E-state index in [4.69, 9.17) is 0 Å². The molecule has 1 saturated heterocycles. The summed E-state index contributed by atoms with van der Waals surface area (Å²) in [4.78, 5) is 10.8. The highest BCUT2D eigenvalue weighted by Gasteiger charge is 2.27. The van der Waals surface area contributed by atoms with Crippen LogP contribution in [0.15, 0.2) is 0 Å². The Hall–Kier alpha value is -0.730. The van der Waals surface area contributed by atoms with Gasteiger partial charge in [-0.15, -0.1) is 0 Å². The molecule has 1 unspecified atom stereocenters. The number of carbonyl (C=O) groups excluding carboxylic acids is 1. The SMILES string of the molecule is CCC1NC(=O)N[C@@H]1CC. The molecule has 58 valence electrons. The molecule has 0 saturated carbocycles. The van der Waals surface area contributed by atoms with Crippen molar-refractivity contribution in [3.8, 4) is 0 Å². The molecule has 0 aromatic rings. The van der Waals surface area contributed by atoms with Crippen molar-refractivity contribution in [1.29, 1.82) is 0 Å². The van der Waals surface area contributed by atoms with E-state index in [2.05, 4.69) is 24.5 Å². The molecule has 2 atom stereocenters. The van der Waals surface area contributed by atoms with Crippen LogP contribution in [0.25, 0.3) is 0 Å². The van der Waals surface area contributed by atoms with Gasteiger partial charge in [0.05, 0.1) is 12.1 Å². The molecule has 1 fully saturated rings. The Morgan fingerprint density at radius 2 is 1.60 bits per heavy atom. The summed E-state index contributed by atoms with van der Waals surface area (Å²) in [6, 6.07) is 0.675. The normalized spacial score (nSPS) is 31.6. The van der Waals surface area contributed by atoms with Crippen LogP contribution in [0.1, 0.15) is 26.7 Å². The zero-order chi connectivity index (χ0) is 7.56. The maximum absolute atomic E-state index is 10.8. The molecule has 10 heavy (non-hydrogen) atoms. The summed E-state index contributed by atoms with van der Waals surface area (Å²) < 4.78 is 0. The van der Waals surface area contributed by atoms with Gasteiger partial charge in [0, 0.05) is 0 Å². The molecule has 2 N–H and O–H groups in total. The van der Waals surface area contributed by atoms with Crippen LogP contribution in [-0.2, 0) is 0 Å². The fraction of sp³-hybridized carbons (Fsp3) is 0.857. The quantitative estimate of drug-likeness (QED) is 0.589. The maximum Gasteiger partial charge on any atom is 0.315 e. The molecule has 0 bridgehead atoms. The molecule has 0 aromatic heterocycles. The number of hydrogen-bond donors (Lipinski definition) is 2. The van der Waals surface area contributed by atoms with Crippen molar-refractivity contribution in [2.24, 2.45) is 0 Å². The first-order valence-electron chi connectivity index (χ1n) is 3.85.